The fraction of sp³-hybridized carbons (Fsp3) is 0.652. The Kier molecular flexibility index (Phi) is 10.8. The number of carbonyl (C=O) groups is 2. The molecule has 2 heterocycles. The van der Waals surface area contributed by atoms with Gasteiger partial charge in [-0.05, 0) is 32.8 Å². The van der Waals surface area contributed by atoms with Gasteiger partial charge in [-0.15, -0.1) is 0 Å². The van der Waals surface area contributed by atoms with Crippen LogP contribution in [0.2, 0.25) is 0 Å². The van der Waals surface area contributed by atoms with Crippen LogP contribution in [0.1, 0.15) is 46.6 Å². The van der Waals surface area contributed by atoms with Crippen molar-refractivity contribution in [2.75, 3.05) is 26.8 Å². The number of nitrogens with zero attached hydrogens (tertiary/aromatic N) is 2. The fourth-order valence-electron chi connectivity index (χ4n) is 3.54. The van der Waals surface area contributed by atoms with Gasteiger partial charge in [-0.2, -0.15) is 0 Å². The molecular weight excluding hydrogens is 384 g/mol. The van der Waals surface area contributed by atoms with Gasteiger partial charge in [-0.3, -0.25) is 4.79 Å². The van der Waals surface area contributed by atoms with Crippen LogP contribution >= 0.6 is 0 Å². The van der Waals surface area contributed by atoms with E-state index >= 15 is 0 Å². The summed E-state index contributed by atoms with van der Waals surface area (Å²) in [4.78, 5) is 26.8. The number of methoxy groups -OCH3 is 1. The van der Waals surface area contributed by atoms with Crippen molar-refractivity contribution in [3.63, 3.8) is 0 Å². The first-order valence-corrected chi connectivity index (χ1v) is 10.6. The molecule has 0 radical (unpaired) electrons. The van der Waals surface area contributed by atoms with Crippen molar-refractivity contribution in [3.8, 4) is 0 Å². The number of carbonyl (C=O) groups excluding carboxylic acids is 2. The number of likely N-dealkylation sites (tertiary alicyclic amines) is 2. The highest BCUT2D eigenvalue weighted by Crippen LogP contribution is 2.35. The Morgan fingerprint density at radius 1 is 1.23 bits per heavy atom. The summed E-state index contributed by atoms with van der Waals surface area (Å²) >= 11 is 0. The largest absolute Gasteiger partial charge is 0.445 e. The highest BCUT2D eigenvalue weighted by Gasteiger charge is 2.50. The van der Waals surface area contributed by atoms with Crippen LogP contribution < -0.4 is 0 Å². The molecular formula is C23H38N2O5. The van der Waals surface area contributed by atoms with E-state index in [1.165, 1.54) is 0 Å². The molecule has 1 N–H and O–H groups in total. The minimum atomic E-state index is -0.373. The molecule has 3 rings (SSSR count). The van der Waals surface area contributed by atoms with Crippen molar-refractivity contribution in [3.05, 3.63) is 35.9 Å². The predicted molar refractivity (Wildman–Crippen MR) is 117 cm³/mol. The van der Waals surface area contributed by atoms with Crippen LogP contribution in [0.5, 0.6) is 0 Å². The zero-order chi connectivity index (χ0) is 22.7. The summed E-state index contributed by atoms with van der Waals surface area (Å²) < 4.78 is 10.3. The molecule has 30 heavy (non-hydrogen) atoms. The van der Waals surface area contributed by atoms with Gasteiger partial charge in [0.05, 0.1) is 17.7 Å². The number of benzene rings is 1. The SMILES string of the molecule is CC.COC(C)(C)C.O=CN1CCC2C1[C@@H](CO)CN2C(=O)OCc1ccccc1. The first kappa shape index (κ1) is 25.9. The third-order valence-electron chi connectivity index (χ3n) is 5.20. The molecule has 2 saturated heterocycles. The van der Waals surface area contributed by atoms with E-state index in [1.54, 1.807) is 16.9 Å². The molecule has 3 atom stereocenters. The maximum atomic E-state index is 12.3. The van der Waals surface area contributed by atoms with Crippen molar-refractivity contribution < 1.29 is 24.2 Å². The minimum absolute atomic E-state index is 0.0338. The van der Waals surface area contributed by atoms with Crippen molar-refractivity contribution >= 4 is 12.5 Å². The number of rotatable bonds is 4. The van der Waals surface area contributed by atoms with Gasteiger partial charge in [0.1, 0.15) is 6.61 Å². The Morgan fingerprint density at radius 2 is 1.83 bits per heavy atom. The normalized spacial score (nSPS) is 22.3. The molecule has 0 spiro atoms. The van der Waals surface area contributed by atoms with Crippen molar-refractivity contribution in [2.24, 2.45) is 5.92 Å². The fourth-order valence-corrected chi connectivity index (χ4v) is 3.54. The number of fused-ring (bicyclic) bond motifs is 1. The zero-order valence-electron chi connectivity index (χ0n) is 19.2. The molecule has 2 unspecified atom stereocenters. The lowest BCUT2D eigenvalue weighted by Crippen LogP contribution is -2.40. The lowest BCUT2D eigenvalue weighted by Gasteiger charge is -2.24. The smallest absolute Gasteiger partial charge is 0.410 e. The minimum Gasteiger partial charge on any atom is -0.445 e. The topological polar surface area (TPSA) is 79.3 Å². The standard InChI is InChI=1S/C16H20N2O4.C5H12O.C2H6/c19-9-13-8-18(14-6-7-17(11-20)15(13)14)16(21)22-10-12-4-2-1-3-5-12;1-5(2,3)6-4;1-2/h1-5,11,13-15,19H,6-10H2;1-4H3;1-2H3/t13-,14?,15?;;/m1../s1. The molecule has 0 aliphatic carbocycles. The molecule has 170 valence electrons. The second-order valence-electron chi connectivity index (χ2n) is 8.14. The third-order valence-corrected chi connectivity index (χ3v) is 5.20. The molecule has 7 heteroatoms. The molecule has 2 aliphatic heterocycles. The van der Waals surface area contributed by atoms with Gasteiger partial charge in [0.15, 0.2) is 0 Å². The van der Waals surface area contributed by atoms with Crippen LogP contribution in [0, 0.1) is 5.92 Å². The third kappa shape index (κ3) is 7.29. The van der Waals surface area contributed by atoms with Crippen LogP contribution in [0.25, 0.3) is 0 Å². The van der Waals surface area contributed by atoms with E-state index in [4.69, 9.17) is 9.47 Å². The number of aliphatic hydroxyl groups is 1. The monoisotopic (exact) mass is 422 g/mol. The molecule has 1 aromatic carbocycles. The van der Waals surface area contributed by atoms with E-state index in [2.05, 4.69) is 0 Å². The Balaban J connectivity index is 0.000000487. The molecule has 0 bridgehead atoms. The number of hydrogen-bond donors (Lipinski definition) is 1. The zero-order valence-corrected chi connectivity index (χ0v) is 19.2. The molecule has 2 aliphatic rings. The Bertz CT molecular complexity index is 632. The first-order valence-electron chi connectivity index (χ1n) is 10.6. The van der Waals surface area contributed by atoms with Crippen LogP contribution in [0.3, 0.4) is 0 Å². The van der Waals surface area contributed by atoms with Gasteiger partial charge in [0.2, 0.25) is 6.41 Å². The van der Waals surface area contributed by atoms with Crippen LogP contribution in [-0.4, -0.2) is 71.9 Å². The van der Waals surface area contributed by atoms with Crippen molar-refractivity contribution in [1.29, 1.82) is 0 Å². The van der Waals surface area contributed by atoms with E-state index in [0.717, 1.165) is 18.4 Å². The van der Waals surface area contributed by atoms with E-state index in [9.17, 15) is 14.7 Å². The number of aliphatic hydroxyl groups excluding tert-OH is 1. The predicted octanol–water partition coefficient (Wildman–Crippen LogP) is 3.30. The van der Waals surface area contributed by atoms with E-state index in [-0.39, 0.29) is 42.9 Å². The number of amides is 2. The molecule has 2 fully saturated rings. The Labute approximate surface area is 180 Å². The average Bonchev–Trinajstić information content (AvgIpc) is 3.34. The van der Waals surface area contributed by atoms with Crippen molar-refractivity contribution in [2.45, 2.75) is 65.3 Å². The van der Waals surface area contributed by atoms with Gasteiger partial charge in [0, 0.05) is 32.7 Å². The summed E-state index contributed by atoms with van der Waals surface area (Å²) in [6.07, 6.45) is 1.18. The van der Waals surface area contributed by atoms with Gasteiger partial charge >= 0.3 is 6.09 Å². The second-order valence-corrected chi connectivity index (χ2v) is 8.14. The van der Waals surface area contributed by atoms with Crippen LogP contribution in [0.15, 0.2) is 30.3 Å². The van der Waals surface area contributed by atoms with Crippen molar-refractivity contribution in [1.82, 2.24) is 9.80 Å². The second kappa shape index (κ2) is 12.5. The maximum Gasteiger partial charge on any atom is 0.410 e. The number of hydrogen-bond acceptors (Lipinski definition) is 5. The molecule has 0 aromatic heterocycles. The summed E-state index contributed by atoms with van der Waals surface area (Å²) in [6.45, 7) is 11.3. The van der Waals surface area contributed by atoms with Gasteiger partial charge in [-0.1, -0.05) is 44.2 Å². The summed E-state index contributed by atoms with van der Waals surface area (Å²) in [5.41, 5.74) is 0.978. The Hall–Kier alpha value is -2.12. The molecule has 1 aromatic rings. The van der Waals surface area contributed by atoms with Crippen LogP contribution in [-0.2, 0) is 20.9 Å². The van der Waals surface area contributed by atoms with E-state index < -0.39 is 0 Å². The lowest BCUT2D eigenvalue weighted by atomic mass is 10.0. The Morgan fingerprint density at radius 3 is 2.33 bits per heavy atom. The van der Waals surface area contributed by atoms with Crippen LogP contribution in [0.4, 0.5) is 4.79 Å². The average molecular weight is 423 g/mol. The molecule has 0 saturated carbocycles. The molecule has 7 nitrogen and oxygen atoms in total. The highest BCUT2D eigenvalue weighted by atomic mass is 16.6. The summed E-state index contributed by atoms with van der Waals surface area (Å²) in [5, 5.41) is 9.51. The quantitative estimate of drug-likeness (QED) is 0.753. The first-order chi connectivity index (χ1) is 14.3. The summed E-state index contributed by atoms with van der Waals surface area (Å²) in [7, 11) is 1.71. The molecule has 2 amide bonds. The lowest BCUT2D eigenvalue weighted by molar-refractivity contribution is -0.119. The number of ether oxygens (including phenoxy) is 2. The van der Waals surface area contributed by atoms with Gasteiger partial charge < -0.3 is 24.4 Å². The summed E-state index contributed by atoms with van der Waals surface area (Å²) in [6, 6.07) is 9.37. The highest BCUT2D eigenvalue weighted by molar-refractivity contribution is 5.69. The maximum absolute atomic E-state index is 12.3. The van der Waals surface area contributed by atoms with E-state index in [1.807, 2.05) is 65.0 Å². The van der Waals surface area contributed by atoms with E-state index in [0.29, 0.717) is 13.1 Å². The summed E-state index contributed by atoms with van der Waals surface area (Å²) in [5.74, 6) is -0.0954. The van der Waals surface area contributed by atoms with Gasteiger partial charge in [0.25, 0.3) is 0 Å². The van der Waals surface area contributed by atoms with Gasteiger partial charge in [-0.25, -0.2) is 4.79 Å².